The van der Waals surface area contributed by atoms with E-state index in [1.807, 2.05) is 43.3 Å². The third-order valence-electron chi connectivity index (χ3n) is 11.1. The van der Waals surface area contributed by atoms with Gasteiger partial charge in [-0.25, -0.2) is 4.79 Å². The molecule has 10 nitrogen and oxygen atoms in total. The molecular formula is C33H44N2O8. The number of hydrogen-bond acceptors (Lipinski definition) is 9. The zero-order valence-electron chi connectivity index (χ0n) is 25.3. The standard InChI is InChI=1S/C33H44N2O8/c1-31-13-11-22(35-43-19-28(39)34-25(30(40)42-3)15-20-7-5-4-6-8-20)16-21(31)9-10-23-24-12-14-33(41,27(38)18-36)32(24,2)17-26(37)29(23)31/h4-8,16,23-26,29,36-37,41H,9-15,17-19H2,1-3H3,(H,34,39)/b35-22+/t23-,24+,25+,26+,29-,31+,32+,33+/m1/s1. The molecule has 43 heavy (non-hydrogen) atoms. The van der Waals surface area contributed by atoms with Crippen molar-refractivity contribution in [2.75, 3.05) is 20.3 Å². The molecule has 10 heteroatoms. The molecule has 0 bridgehead atoms. The lowest BCUT2D eigenvalue weighted by Crippen LogP contribution is -2.62. The van der Waals surface area contributed by atoms with Crippen LogP contribution >= 0.6 is 0 Å². The highest BCUT2D eigenvalue weighted by Gasteiger charge is 2.68. The highest BCUT2D eigenvalue weighted by atomic mass is 16.6. The predicted molar refractivity (Wildman–Crippen MR) is 158 cm³/mol. The number of nitrogens with one attached hydrogen (secondary N) is 1. The fourth-order valence-corrected chi connectivity index (χ4v) is 8.96. The normalized spacial score (nSPS) is 36.4. The van der Waals surface area contributed by atoms with Crippen LogP contribution in [-0.4, -0.2) is 76.8 Å². The molecule has 4 aliphatic carbocycles. The molecule has 234 valence electrons. The van der Waals surface area contributed by atoms with Crippen LogP contribution < -0.4 is 5.32 Å². The largest absolute Gasteiger partial charge is 0.467 e. The molecule has 0 aliphatic heterocycles. The summed E-state index contributed by atoms with van der Waals surface area (Å²) in [4.78, 5) is 42.9. The number of ketones is 1. The third-order valence-corrected chi connectivity index (χ3v) is 11.1. The van der Waals surface area contributed by atoms with Gasteiger partial charge in [0.25, 0.3) is 5.91 Å². The van der Waals surface area contributed by atoms with Crippen molar-refractivity contribution in [3.8, 4) is 0 Å². The topological polar surface area (TPSA) is 155 Å². The first-order chi connectivity index (χ1) is 20.5. The van der Waals surface area contributed by atoms with Crippen LogP contribution in [0.3, 0.4) is 0 Å². The van der Waals surface area contributed by atoms with Gasteiger partial charge in [-0.05, 0) is 79.8 Å². The Labute approximate surface area is 252 Å². The Morgan fingerprint density at radius 1 is 1.12 bits per heavy atom. The van der Waals surface area contributed by atoms with Crippen LogP contribution in [0.1, 0.15) is 64.4 Å². The average Bonchev–Trinajstić information content (AvgIpc) is 3.26. The van der Waals surface area contributed by atoms with Crippen molar-refractivity contribution < 1.29 is 39.3 Å². The van der Waals surface area contributed by atoms with E-state index < -0.39 is 47.4 Å². The van der Waals surface area contributed by atoms with E-state index in [1.165, 1.54) is 12.7 Å². The lowest BCUT2D eigenvalue weighted by molar-refractivity contribution is -0.181. The maximum Gasteiger partial charge on any atom is 0.328 e. The average molecular weight is 597 g/mol. The minimum atomic E-state index is -1.61. The van der Waals surface area contributed by atoms with Crippen molar-refractivity contribution in [3.05, 3.63) is 47.5 Å². The molecule has 5 rings (SSSR count). The molecule has 0 heterocycles. The van der Waals surface area contributed by atoms with E-state index in [0.29, 0.717) is 32.1 Å². The Morgan fingerprint density at radius 3 is 2.56 bits per heavy atom. The van der Waals surface area contributed by atoms with Crippen LogP contribution in [-0.2, 0) is 30.4 Å². The van der Waals surface area contributed by atoms with Crippen molar-refractivity contribution in [2.24, 2.45) is 33.7 Å². The molecule has 0 aromatic heterocycles. The summed E-state index contributed by atoms with van der Waals surface area (Å²) in [6, 6.07) is 8.51. The fraction of sp³-hybridized carbons (Fsp3) is 0.636. The minimum Gasteiger partial charge on any atom is -0.467 e. The molecular weight excluding hydrogens is 552 g/mol. The Balaban J connectivity index is 1.23. The van der Waals surface area contributed by atoms with Crippen LogP contribution in [0.15, 0.2) is 47.1 Å². The molecule has 8 atom stereocenters. The predicted octanol–water partition coefficient (Wildman–Crippen LogP) is 2.49. The molecule has 3 fully saturated rings. The van der Waals surface area contributed by atoms with Gasteiger partial charge >= 0.3 is 5.97 Å². The molecule has 3 saturated carbocycles. The number of hydrogen-bond donors (Lipinski definition) is 4. The number of aliphatic hydroxyl groups is 3. The Morgan fingerprint density at radius 2 is 1.86 bits per heavy atom. The van der Waals surface area contributed by atoms with E-state index >= 15 is 0 Å². The van der Waals surface area contributed by atoms with Gasteiger partial charge in [0, 0.05) is 11.8 Å². The number of Topliss-reactive ketones (excluding diaryl/α,β-unsaturated/α-hetero) is 1. The van der Waals surface area contributed by atoms with Crippen LogP contribution in [0.5, 0.6) is 0 Å². The third kappa shape index (κ3) is 5.53. The summed E-state index contributed by atoms with van der Waals surface area (Å²) in [5, 5.41) is 39.4. The highest BCUT2D eigenvalue weighted by Crippen LogP contribution is 2.67. The van der Waals surface area contributed by atoms with E-state index in [0.717, 1.165) is 30.5 Å². The molecule has 0 unspecified atom stereocenters. The number of allylic oxidation sites excluding steroid dienone is 2. The summed E-state index contributed by atoms with van der Waals surface area (Å²) < 4.78 is 4.86. The summed E-state index contributed by atoms with van der Waals surface area (Å²) >= 11 is 0. The maximum atomic E-state index is 12.6. The first-order valence-corrected chi connectivity index (χ1v) is 15.3. The number of aliphatic hydroxyl groups excluding tert-OH is 2. The smallest absolute Gasteiger partial charge is 0.328 e. The number of oxime groups is 1. The van der Waals surface area contributed by atoms with Gasteiger partial charge in [0.15, 0.2) is 12.4 Å². The Bertz CT molecular complexity index is 1300. The second-order valence-electron chi connectivity index (χ2n) is 13.3. The zero-order valence-corrected chi connectivity index (χ0v) is 25.3. The first kappa shape index (κ1) is 31.3. The van der Waals surface area contributed by atoms with Gasteiger partial charge in [-0.3, -0.25) is 9.59 Å². The van der Waals surface area contributed by atoms with E-state index in [9.17, 15) is 29.7 Å². The summed E-state index contributed by atoms with van der Waals surface area (Å²) in [6.45, 7) is 3.08. The molecule has 0 radical (unpaired) electrons. The molecule has 0 saturated heterocycles. The Kier molecular flexibility index (Phi) is 8.84. The number of nitrogens with zero attached hydrogens (tertiary/aromatic N) is 1. The van der Waals surface area contributed by atoms with Crippen molar-refractivity contribution in [1.29, 1.82) is 0 Å². The molecule has 4 aliphatic rings. The quantitative estimate of drug-likeness (QED) is 0.250. The van der Waals surface area contributed by atoms with E-state index in [2.05, 4.69) is 17.4 Å². The molecule has 1 amide bonds. The number of carbonyl (C=O) groups is 3. The minimum absolute atomic E-state index is 0.00901. The summed E-state index contributed by atoms with van der Waals surface area (Å²) in [5.41, 5.74) is 0.181. The van der Waals surface area contributed by atoms with E-state index in [-0.39, 0.29) is 29.8 Å². The first-order valence-electron chi connectivity index (χ1n) is 15.3. The van der Waals surface area contributed by atoms with Crippen LogP contribution in [0.25, 0.3) is 0 Å². The van der Waals surface area contributed by atoms with Gasteiger partial charge in [-0.2, -0.15) is 0 Å². The number of esters is 1. The van der Waals surface area contributed by atoms with Gasteiger partial charge in [0.05, 0.1) is 18.9 Å². The van der Waals surface area contributed by atoms with E-state index in [4.69, 9.17) is 9.57 Å². The van der Waals surface area contributed by atoms with Crippen molar-refractivity contribution >= 4 is 23.4 Å². The van der Waals surface area contributed by atoms with Gasteiger partial charge < -0.3 is 30.2 Å². The fourth-order valence-electron chi connectivity index (χ4n) is 8.96. The molecule has 0 spiro atoms. The number of rotatable bonds is 9. The zero-order chi connectivity index (χ0) is 31.0. The van der Waals surface area contributed by atoms with Crippen LogP contribution in [0, 0.1) is 28.6 Å². The monoisotopic (exact) mass is 596 g/mol. The number of benzene rings is 1. The number of amides is 1. The van der Waals surface area contributed by atoms with Gasteiger partial charge in [0.2, 0.25) is 0 Å². The lowest BCUT2D eigenvalue weighted by Gasteiger charge is -2.60. The van der Waals surface area contributed by atoms with Crippen molar-refractivity contribution in [2.45, 2.75) is 83.0 Å². The summed E-state index contributed by atoms with van der Waals surface area (Å²) in [7, 11) is 1.28. The van der Waals surface area contributed by atoms with Gasteiger partial charge in [0.1, 0.15) is 18.2 Å². The number of carbonyl (C=O) groups excluding carboxylic acids is 3. The second kappa shape index (κ2) is 12.1. The van der Waals surface area contributed by atoms with Gasteiger partial charge in [-0.15, -0.1) is 0 Å². The maximum absolute atomic E-state index is 12.6. The molecule has 1 aromatic rings. The van der Waals surface area contributed by atoms with Crippen molar-refractivity contribution in [1.82, 2.24) is 5.32 Å². The second-order valence-corrected chi connectivity index (χ2v) is 13.3. The van der Waals surface area contributed by atoms with Crippen LogP contribution in [0.4, 0.5) is 0 Å². The van der Waals surface area contributed by atoms with Crippen LogP contribution in [0.2, 0.25) is 0 Å². The van der Waals surface area contributed by atoms with Crippen molar-refractivity contribution in [3.63, 3.8) is 0 Å². The van der Waals surface area contributed by atoms with E-state index in [1.54, 1.807) is 0 Å². The number of methoxy groups -OCH3 is 1. The lowest BCUT2D eigenvalue weighted by atomic mass is 9.45. The van der Waals surface area contributed by atoms with Gasteiger partial charge in [-0.1, -0.05) is 54.9 Å². The SMILES string of the molecule is COC(=O)[C@H](Cc1ccccc1)NC(=O)CO/N=C1/C=C2CC[C@H]3[C@H]([C@@H](O)C[C@@]4(C)[C@H]3CC[C@]4(O)C(=O)CO)[C@@]2(C)CC1. The Hall–Kier alpha value is -3.08. The molecule has 4 N–H and O–H groups in total. The summed E-state index contributed by atoms with van der Waals surface area (Å²) in [6.07, 6.45) is 6.00. The summed E-state index contributed by atoms with van der Waals surface area (Å²) in [5.74, 6) is -1.32. The number of fused-ring (bicyclic) bond motifs is 5. The number of ether oxygens (including phenoxy) is 1. The molecule has 1 aromatic carbocycles. The highest BCUT2D eigenvalue weighted by molar-refractivity contribution is 5.96.